The van der Waals surface area contributed by atoms with Gasteiger partial charge >= 0.3 is 5.97 Å². The van der Waals surface area contributed by atoms with Gasteiger partial charge in [0.15, 0.2) is 6.73 Å². The topological polar surface area (TPSA) is 71.0 Å². The number of hydrazine groups is 1. The molecular formula is C12H11Cl2N3O3. The first-order chi connectivity index (χ1) is 9.47. The molecule has 0 atom stereocenters. The van der Waals surface area contributed by atoms with E-state index in [0.29, 0.717) is 21.4 Å². The number of rotatable bonds is 3. The molecule has 1 aliphatic heterocycles. The fourth-order valence-electron chi connectivity index (χ4n) is 1.52. The minimum Gasteiger partial charge on any atom is -0.442 e. The van der Waals surface area contributed by atoms with Gasteiger partial charge < -0.3 is 4.74 Å². The molecule has 0 radical (unpaired) electrons. The average molecular weight is 316 g/mol. The zero-order chi connectivity index (χ0) is 14.7. The Morgan fingerprint density at radius 2 is 2.20 bits per heavy atom. The summed E-state index contributed by atoms with van der Waals surface area (Å²) in [7, 11) is 0. The highest BCUT2D eigenvalue weighted by Crippen LogP contribution is 2.23. The number of amidine groups is 1. The van der Waals surface area contributed by atoms with Crippen molar-refractivity contribution >= 4 is 40.9 Å². The molecular weight excluding hydrogens is 305 g/mol. The summed E-state index contributed by atoms with van der Waals surface area (Å²) in [5.74, 6) is -0.316. The van der Waals surface area contributed by atoms with E-state index in [4.69, 9.17) is 27.9 Å². The van der Waals surface area contributed by atoms with Crippen LogP contribution in [0.5, 0.6) is 0 Å². The maximum atomic E-state index is 11.6. The van der Waals surface area contributed by atoms with E-state index >= 15 is 0 Å². The number of nitrogens with zero attached hydrogens (tertiary/aromatic N) is 2. The van der Waals surface area contributed by atoms with E-state index < -0.39 is 5.97 Å². The van der Waals surface area contributed by atoms with Crippen LogP contribution in [-0.2, 0) is 14.3 Å². The number of hydrogen-bond acceptors (Lipinski definition) is 5. The zero-order valence-corrected chi connectivity index (χ0v) is 12.0. The molecule has 0 spiro atoms. The van der Waals surface area contributed by atoms with E-state index in [2.05, 4.69) is 10.4 Å². The van der Waals surface area contributed by atoms with Crippen molar-refractivity contribution in [1.29, 1.82) is 0 Å². The zero-order valence-electron chi connectivity index (χ0n) is 10.5. The molecule has 106 valence electrons. The molecule has 8 heteroatoms. The number of nitrogens with one attached hydrogen (secondary N) is 1. The largest absolute Gasteiger partial charge is 0.442 e. The minimum atomic E-state index is -0.474. The van der Waals surface area contributed by atoms with Crippen molar-refractivity contribution in [3.63, 3.8) is 0 Å². The molecule has 0 bridgehead atoms. The normalized spacial score (nSPS) is 14.7. The highest BCUT2D eigenvalue weighted by molar-refractivity contribution is 6.42. The van der Waals surface area contributed by atoms with Crippen LogP contribution in [0.2, 0.25) is 10.0 Å². The van der Waals surface area contributed by atoms with Gasteiger partial charge in [0.25, 0.3) is 5.91 Å². The van der Waals surface area contributed by atoms with Crippen LogP contribution in [0, 0.1) is 0 Å². The third-order valence-electron chi connectivity index (χ3n) is 2.50. The number of amides is 1. The molecule has 1 heterocycles. The van der Waals surface area contributed by atoms with Crippen LogP contribution < -0.4 is 5.43 Å². The molecule has 0 saturated carbocycles. The van der Waals surface area contributed by atoms with Gasteiger partial charge in [0.2, 0.25) is 0 Å². The van der Waals surface area contributed by atoms with Gasteiger partial charge in [0.1, 0.15) is 12.4 Å². The molecule has 0 aromatic heterocycles. The first-order valence-corrected chi connectivity index (χ1v) is 6.43. The van der Waals surface area contributed by atoms with Crippen LogP contribution in [0.4, 0.5) is 0 Å². The second-order valence-electron chi connectivity index (χ2n) is 3.99. The van der Waals surface area contributed by atoms with E-state index in [-0.39, 0.29) is 19.2 Å². The lowest BCUT2D eigenvalue weighted by Crippen LogP contribution is -2.52. The van der Waals surface area contributed by atoms with Gasteiger partial charge in [-0.25, -0.2) is 5.01 Å². The lowest BCUT2D eigenvalue weighted by atomic mass is 10.2. The van der Waals surface area contributed by atoms with Gasteiger partial charge in [-0.1, -0.05) is 23.2 Å². The van der Waals surface area contributed by atoms with Crippen molar-refractivity contribution in [3.8, 4) is 0 Å². The number of halogens is 2. The number of benzene rings is 1. The van der Waals surface area contributed by atoms with Crippen LogP contribution in [0.25, 0.3) is 0 Å². The summed E-state index contributed by atoms with van der Waals surface area (Å²) >= 11 is 11.8. The Bertz CT molecular complexity index is 589. The Labute approximate surface area is 125 Å². The third-order valence-corrected chi connectivity index (χ3v) is 3.24. The van der Waals surface area contributed by atoms with E-state index in [1.54, 1.807) is 18.2 Å². The molecule has 1 aromatic rings. The van der Waals surface area contributed by atoms with Gasteiger partial charge in [-0.15, -0.1) is 0 Å². The standard InChI is InChI=1S/C12H11Cl2N3O3/c1-7(18)20-6-17-11(19)5-15-12(16-17)8-2-3-9(13)10(14)4-8/h2-4H,5-6H2,1H3,(H,15,16). The van der Waals surface area contributed by atoms with Crippen molar-refractivity contribution in [1.82, 2.24) is 10.4 Å². The van der Waals surface area contributed by atoms with Crippen molar-refractivity contribution in [2.24, 2.45) is 4.99 Å². The maximum Gasteiger partial charge on any atom is 0.304 e. The summed E-state index contributed by atoms with van der Waals surface area (Å²) < 4.78 is 4.78. The van der Waals surface area contributed by atoms with Crippen molar-refractivity contribution in [2.45, 2.75) is 6.92 Å². The fourth-order valence-corrected chi connectivity index (χ4v) is 1.81. The maximum absolute atomic E-state index is 11.6. The number of ether oxygens (including phenoxy) is 1. The second kappa shape index (κ2) is 6.11. The SMILES string of the molecule is CC(=O)OCN1NC(c2ccc(Cl)c(Cl)c2)=NCC1=O. The van der Waals surface area contributed by atoms with E-state index in [0.717, 1.165) is 0 Å². The number of hydrogen-bond donors (Lipinski definition) is 1. The summed E-state index contributed by atoms with van der Waals surface area (Å²) in [5.41, 5.74) is 3.46. The summed E-state index contributed by atoms with van der Waals surface area (Å²) in [6.07, 6.45) is 0. The van der Waals surface area contributed by atoms with Crippen LogP contribution >= 0.6 is 23.2 Å². The Balaban J connectivity index is 2.14. The summed E-state index contributed by atoms with van der Waals surface area (Å²) in [6, 6.07) is 4.99. The van der Waals surface area contributed by atoms with E-state index in [1.807, 2.05) is 0 Å². The number of carbonyl (C=O) groups is 2. The number of aliphatic imine (C=N–C) groups is 1. The molecule has 0 fully saturated rings. The van der Waals surface area contributed by atoms with Gasteiger partial charge in [-0.3, -0.25) is 20.0 Å². The molecule has 2 rings (SSSR count). The Kier molecular flexibility index (Phi) is 4.46. The Morgan fingerprint density at radius 3 is 2.85 bits per heavy atom. The molecule has 20 heavy (non-hydrogen) atoms. The molecule has 1 aromatic carbocycles. The molecule has 0 aliphatic carbocycles. The predicted molar refractivity (Wildman–Crippen MR) is 74.5 cm³/mol. The van der Waals surface area contributed by atoms with Gasteiger partial charge in [-0.05, 0) is 18.2 Å². The summed E-state index contributed by atoms with van der Waals surface area (Å²) in [5, 5.41) is 1.99. The molecule has 1 amide bonds. The lowest BCUT2D eigenvalue weighted by Gasteiger charge is -2.27. The first-order valence-electron chi connectivity index (χ1n) is 5.67. The summed E-state index contributed by atoms with van der Waals surface area (Å²) in [6.45, 7) is 1.04. The molecule has 1 aliphatic rings. The summed E-state index contributed by atoms with van der Waals surface area (Å²) in [4.78, 5) is 26.5. The van der Waals surface area contributed by atoms with Crippen LogP contribution in [0.15, 0.2) is 23.2 Å². The van der Waals surface area contributed by atoms with Crippen LogP contribution in [-0.4, -0.2) is 36.0 Å². The highest BCUT2D eigenvalue weighted by atomic mass is 35.5. The highest BCUT2D eigenvalue weighted by Gasteiger charge is 2.22. The number of carbonyl (C=O) groups excluding carboxylic acids is 2. The van der Waals surface area contributed by atoms with Gasteiger partial charge in [0.05, 0.1) is 10.0 Å². The smallest absolute Gasteiger partial charge is 0.304 e. The minimum absolute atomic E-state index is 0.0379. The third kappa shape index (κ3) is 3.40. The predicted octanol–water partition coefficient (Wildman–Crippen LogP) is 1.61. The molecule has 0 unspecified atom stereocenters. The quantitative estimate of drug-likeness (QED) is 0.860. The molecule has 0 saturated heterocycles. The number of esters is 1. The van der Waals surface area contributed by atoms with Gasteiger partial charge in [-0.2, -0.15) is 0 Å². The van der Waals surface area contributed by atoms with Crippen molar-refractivity contribution in [2.75, 3.05) is 13.3 Å². The average Bonchev–Trinajstić information content (AvgIpc) is 2.41. The Hall–Kier alpha value is -1.79. The van der Waals surface area contributed by atoms with E-state index in [1.165, 1.54) is 11.9 Å². The van der Waals surface area contributed by atoms with Crippen molar-refractivity contribution in [3.05, 3.63) is 33.8 Å². The van der Waals surface area contributed by atoms with Crippen LogP contribution in [0.1, 0.15) is 12.5 Å². The Morgan fingerprint density at radius 1 is 1.45 bits per heavy atom. The second-order valence-corrected chi connectivity index (χ2v) is 4.81. The monoisotopic (exact) mass is 315 g/mol. The lowest BCUT2D eigenvalue weighted by molar-refractivity contribution is -0.152. The first kappa shape index (κ1) is 14.6. The van der Waals surface area contributed by atoms with Crippen LogP contribution in [0.3, 0.4) is 0 Å². The van der Waals surface area contributed by atoms with Crippen molar-refractivity contribution < 1.29 is 14.3 Å². The van der Waals surface area contributed by atoms with Gasteiger partial charge in [0, 0.05) is 12.5 Å². The fraction of sp³-hybridized carbons (Fsp3) is 0.250. The molecule has 6 nitrogen and oxygen atoms in total. The van der Waals surface area contributed by atoms with E-state index in [9.17, 15) is 9.59 Å². The molecule has 1 N–H and O–H groups in total.